The van der Waals surface area contributed by atoms with Crippen molar-refractivity contribution < 1.29 is 14.3 Å². The number of hydrogen-bond donors (Lipinski definition) is 0. The van der Waals surface area contributed by atoms with Gasteiger partial charge in [0.05, 0.1) is 16.6 Å². The minimum atomic E-state index is -0.408. The van der Waals surface area contributed by atoms with Crippen LogP contribution in [0.2, 0.25) is 0 Å². The van der Waals surface area contributed by atoms with Crippen LogP contribution in [0, 0.1) is 0 Å². The van der Waals surface area contributed by atoms with Crippen molar-refractivity contribution in [3.8, 4) is 5.75 Å². The third-order valence-corrected chi connectivity index (χ3v) is 5.01. The Bertz CT molecular complexity index is 797. The Kier molecular flexibility index (Phi) is 5.05. The Labute approximate surface area is 141 Å². The molecule has 3 aromatic rings. The molecular formula is C17H13NO3S2. The number of aromatic nitrogens is 1. The van der Waals surface area contributed by atoms with Crippen LogP contribution in [0.4, 0.5) is 0 Å². The zero-order valence-electron chi connectivity index (χ0n) is 12.1. The fraction of sp³-hybridized carbons (Fsp3) is 0.118. The summed E-state index contributed by atoms with van der Waals surface area (Å²) in [6, 6.07) is 16.6. The number of ether oxygens (including phenoxy) is 1. The first-order valence-corrected chi connectivity index (χ1v) is 8.66. The summed E-state index contributed by atoms with van der Waals surface area (Å²) in [4.78, 5) is 28.1. The van der Waals surface area contributed by atoms with Gasteiger partial charge in [0.15, 0.2) is 9.45 Å². The monoisotopic (exact) mass is 343 g/mol. The van der Waals surface area contributed by atoms with E-state index < -0.39 is 5.97 Å². The van der Waals surface area contributed by atoms with E-state index in [-0.39, 0.29) is 18.0 Å². The lowest BCUT2D eigenvalue weighted by Gasteiger charge is -2.02. The number of rotatable bonds is 5. The first-order valence-electron chi connectivity index (χ1n) is 7.03. The van der Waals surface area contributed by atoms with Crippen molar-refractivity contribution in [2.24, 2.45) is 0 Å². The van der Waals surface area contributed by atoms with Gasteiger partial charge in [-0.1, -0.05) is 30.3 Å². The van der Waals surface area contributed by atoms with E-state index in [4.69, 9.17) is 4.74 Å². The molecule has 1 heterocycles. The summed E-state index contributed by atoms with van der Waals surface area (Å²) in [6.07, 6.45) is 0.192. The summed E-state index contributed by atoms with van der Waals surface area (Å²) in [5.41, 5.74) is 0.885. The molecule has 1 aromatic heterocycles. The molecule has 0 spiro atoms. The van der Waals surface area contributed by atoms with Gasteiger partial charge < -0.3 is 4.74 Å². The van der Waals surface area contributed by atoms with Gasteiger partial charge in [-0.15, -0.1) is 11.3 Å². The molecule has 0 aliphatic heterocycles. The molecule has 116 valence electrons. The largest absolute Gasteiger partial charge is 0.427 e. The maximum Gasteiger partial charge on any atom is 0.311 e. The van der Waals surface area contributed by atoms with E-state index in [2.05, 4.69) is 4.98 Å². The molecule has 0 bridgehead atoms. The average molecular weight is 343 g/mol. The lowest BCUT2D eigenvalue weighted by atomic mass is 10.3. The topological polar surface area (TPSA) is 56.3 Å². The fourth-order valence-electron chi connectivity index (χ4n) is 1.92. The molecule has 6 heteroatoms. The average Bonchev–Trinajstić information content (AvgIpc) is 2.96. The third kappa shape index (κ3) is 4.40. The van der Waals surface area contributed by atoms with Gasteiger partial charge in [-0.05, 0) is 36.0 Å². The number of fused-ring (bicyclic) bond motifs is 1. The first-order chi connectivity index (χ1) is 11.2. The number of benzene rings is 2. The normalized spacial score (nSPS) is 10.6. The molecule has 3 rings (SSSR count). The van der Waals surface area contributed by atoms with Gasteiger partial charge in [-0.25, -0.2) is 4.98 Å². The molecule has 0 unspecified atom stereocenters. The summed E-state index contributed by atoms with van der Waals surface area (Å²) in [5.74, 6) is 0.0817. The summed E-state index contributed by atoms with van der Waals surface area (Å²) >= 11 is 2.56. The minimum Gasteiger partial charge on any atom is -0.427 e. The van der Waals surface area contributed by atoms with Crippen LogP contribution in [-0.2, 0) is 9.59 Å². The molecule has 0 fully saturated rings. The molecule has 0 radical (unpaired) electrons. The van der Waals surface area contributed by atoms with Gasteiger partial charge in [0.1, 0.15) is 5.75 Å². The highest BCUT2D eigenvalue weighted by molar-refractivity contribution is 8.15. The van der Waals surface area contributed by atoms with Crippen molar-refractivity contribution in [1.29, 1.82) is 0 Å². The highest BCUT2D eigenvalue weighted by atomic mass is 32.2. The van der Waals surface area contributed by atoms with Gasteiger partial charge in [0.25, 0.3) is 0 Å². The molecule has 0 amide bonds. The van der Waals surface area contributed by atoms with Crippen molar-refractivity contribution in [1.82, 2.24) is 4.98 Å². The first kappa shape index (κ1) is 15.7. The summed E-state index contributed by atoms with van der Waals surface area (Å²) < 4.78 is 6.90. The predicted molar refractivity (Wildman–Crippen MR) is 91.8 cm³/mol. The lowest BCUT2D eigenvalue weighted by molar-refractivity contribution is -0.135. The Morgan fingerprint density at radius 2 is 1.74 bits per heavy atom. The van der Waals surface area contributed by atoms with Crippen molar-refractivity contribution in [3.63, 3.8) is 0 Å². The quantitative estimate of drug-likeness (QED) is 0.393. The standard InChI is InChI=1S/C17H13NO3S2/c19-15(21-12-6-2-1-3-7-12)10-11-16(20)23-17-18-13-8-4-5-9-14(13)22-17/h1-9H,10-11H2. The van der Waals surface area contributed by atoms with Gasteiger partial charge in [0, 0.05) is 6.42 Å². The number of carbonyl (C=O) groups is 2. The maximum atomic E-state index is 12.0. The Morgan fingerprint density at radius 1 is 1.00 bits per heavy atom. The summed E-state index contributed by atoms with van der Waals surface area (Å²) in [6.45, 7) is 0. The van der Waals surface area contributed by atoms with Crippen LogP contribution >= 0.6 is 23.1 Å². The van der Waals surface area contributed by atoms with Gasteiger partial charge in [0.2, 0.25) is 0 Å². The molecule has 0 aliphatic rings. The van der Waals surface area contributed by atoms with E-state index in [0.29, 0.717) is 10.1 Å². The molecule has 0 aliphatic carbocycles. The number of para-hydroxylation sites is 2. The number of hydrogen-bond acceptors (Lipinski definition) is 6. The number of nitrogens with zero attached hydrogens (tertiary/aromatic N) is 1. The summed E-state index contributed by atoms with van der Waals surface area (Å²) in [7, 11) is 0. The zero-order valence-corrected chi connectivity index (χ0v) is 13.7. The highest BCUT2D eigenvalue weighted by Crippen LogP contribution is 2.30. The second-order valence-corrected chi connectivity index (χ2v) is 7.04. The summed E-state index contributed by atoms with van der Waals surface area (Å²) in [5, 5.41) is -0.0888. The molecule has 4 nitrogen and oxygen atoms in total. The molecule has 0 saturated heterocycles. The molecule has 0 atom stereocenters. The van der Waals surface area contributed by atoms with Crippen LogP contribution in [0.15, 0.2) is 58.9 Å². The van der Waals surface area contributed by atoms with Crippen LogP contribution < -0.4 is 4.74 Å². The Hall–Kier alpha value is -2.18. The molecule has 0 N–H and O–H groups in total. The van der Waals surface area contributed by atoms with Gasteiger partial charge >= 0.3 is 5.97 Å². The van der Waals surface area contributed by atoms with Crippen LogP contribution in [-0.4, -0.2) is 16.1 Å². The second-order valence-electron chi connectivity index (χ2n) is 4.71. The van der Waals surface area contributed by atoms with Crippen LogP contribution in [0.1, 0.15) is 12.8 Å². The zero-order chi connectivity index (χ0) is 16.1. The highest BCUT2D eigenvalue weighted by Gasteiger charge is 2.13. The lowest BCUT2D eigenvalue weighted by Crippen LogP contribution is -2.09. The molecule has 0 saturated carbocycles. The van der Waals surface area contributed by atoms with E-state index in [1.165, 1.54) is 11.3 Å². The van der Waals surface area contributed by atoms with Crippen LogP contribution in [0.25, 0.3) is 10.2 Å². The van der Waals surface area contributed by atoms with E-state index in [1.807, 2.05) is 30.3 Å². The van der Waals surface area contributed by atoms with Gasteiger partial charge in [-0.3, -0.25) is 9.59 Å². The predicted octanol–water partition coefficient (Wildman–Crippen LogP) is 4.30. The van der Waals surface area contributed by atoms with Crippen molar-refractivity contribution in [3.05, 3.63) is 54.6 Å². The number of esters is 1. The minimum absolute atomic E-state index is 0.0611. The SMILES string of the molecule is O=C(CCC(=O)Sc1nc2ccccc2s1)Oc1ccccc1. The molecule has 23 heavy (non-hydrogen) atoms. The van der Waals surface area contributed by atoms with Gasteiger partial charge in [-0.2, -0.15) is 0 Å². The van der Waals surface area contributed by atoms with Crippen LogP contribution in [0.3, 0.4) is 0 Å². The van der Waals surface area contributed by atoms with Crippen molar-refractivity contribution in [2.75, 3.05) is 0 Å². The third-order valence-electron chi connectivity index (χ3n) is 2.98. The fourth-order valence-corrected chi connectivity index (χ4v) is 3.87. The number of carbonyl (C=O) groups excluding carboxylic acids is 2. The molecular weight excluding hydrogens is 330 g/mol. The Morgan fingerprint density at radius 3 is 2.52 bits per heavy atom. The smallest absolute Gasteiger partial charge is 0.311 e. The van der Waals surface area contributed by atoms with E-state index >= 15 is 0 Å². The number of thiazole rings is 1. The maximum absolute atomic E-state index is 12.0. The van der Waals surface area contributed by atoms with E-state index in [0.717, 1.165) is 22.0 Å². The van der Waals surface area contributed by atoms with Crippen LogP contribution in [0.5, 0.6) is 5.75 Å². The molecule has 2 aromatic carbocycles. The van der Waals surface area contributed by atoms with Crippen molar-refractivity contribution in [2.45, 2.75) is 17.2 Å². The van der Waals surface area contributed by atoms with Crippen molar-refractivity contribution >= 4 is 44.4 Å². The van der Waals surface area contributed by atoms with E-state index in [9.17, 15) is 9.59 Å². The number of thioether (sulfide) groups is 1. The Balaban J connectivity index is 1.50. The van der Waals surface area contributed by atoms with E-state index in [1.54, 1.807) is 24.3 Å². The second kappa shape index (κ2) is 7.39.